The Morgan fingerprint density at radius 1 is 1.13 bits per heavy atom. The van der Waals surface area contributed by atoms with Crippen molar-refractivity contribution in [2.24, 2.45) is 0 Å². The fourth-order valence-corrected chi connectivity index (χ4v) is 3.68. The molecule has 0 fully saturated rings. The third kappa shape index (κ3) is 3.33. The van der Waals surface area contributed by atoms with Gasteiger partial charge in [0.1, 0.15) is 0 Å². The quantitative estimate of drug-likeness (QED) is 0.758. The fourth-order valence-electron chi connectivity index (χ4n) is 2.77. The van der Waals surface area contributed by atoms with E-state index >= 15 is 0 Å². The molecule has 0 atom stereocenters. The predicted octanol–water partition coefficient (Wildman–Crippen LogP) is 4.37. The van der Waals surface area contributed by atoms with Crippen molar-refractivity contribution in [3.63, 3.8) is 0 Å². The molecule has 1 heterocycles. The van der Waals surface area contributed by atoms with Gasteiger partial charge in [-0.1, -0.05) is 37.9 Å². The Kier molecular flexibility index (Phi) is 4.55. The number of rotatable bonds is 2. The molecule has 0 spiro atoms. The summed E-state index contributed by atoms with van der Waals surface area (Å²) >= 11 is 6.85. The fraction of sp³-hybridized carbons (Fsp3) is 0.176. The van der Waals surface area contributed by atoms with Crippen LogP contribution in [0.2, 0.25) is 0 Å². The van der Waals surface area contributed by atoms with Crippen molar-refractivity contribution in [3.05, 3.63) is 56.5 Å². The maximum atomic E-state index is 12.9. The first kappa shape index (κ1) is 16.2. The van der Waals surface area contributed by atoms with Crippen LogP contribution in [-0.2, 0) is 11.2 Å². The monoisotopic (exact) mass is 436 g/mol. The molecule has 4 nitrogen and oxygen atoms in total. The number of amides is 2. The Bertz CT molecular complexity index is 805. The number of carbonyl (C=O) groups excluding carboxylic acids is 2. The molecule has 0 bridgehead atoms. The van der Waals surface area contributed by atoms with Gasteiger partial charge < -0.3 is 10.2 Å². The lowest BCUT2D eigenvalue weighted by molar-refractivity contribution is -0.114. The highest BCUT2D eigenvalue weighted by Crippen LogP contribution is 2.39. The maximum absolute atomic E-state index is 12.9. The molecule has 3 rings (SSSR count). The third-order valence-electron chi connectivity index (χ3n) is 3.66. The zero-order valence-corrected chi connectivity index (χ0v) is 15.6. The summed E-state index contributed by atoms with van der Waals surface area (Å²) in [5.41, 5.74) is 3.10. The van der Waals surface area contributed by atoms with Crippen LogP contribution in [0, 0.1) is 0 Å². The Balaban J connectivity index is 2.03. The van der Waals surface area contributed by atoms with Gasteiger partial charge in [-0.25, -0.2) is 0 Å². The second kappa shape index (κ2) is 6.45. The molecule has 0 radical (unpaired) electrons. The van der Waals surface area contributed by atoms with Gasteiger partial charge in [-0.05, 0) is 42.3 Å². The molecule has 0 unspecified atom stereocenters. The van der Waals surface area contributed by atoms with E-state index in [2.05, 4.69) is 37.2 Å². The van der Waals surface area contributed by atoms with Gasteiger partial charge in [0.15, 0.2) is 0 Å². The van der Waals surface area contributed by atoms with Gasteiger partial charge in [-0.2, -0.15) is 0 Å². The van der Waals surface area contributed by atoms with Crippen molar-refractivity contribution in [1.82, 2.24) is 0 Å². The summed E-state index contributed by atoms with van der Waals surface area (Å²) < 4.78 is 1.75. The van der Waals surface area contributed by atoms with Crippen molar-refractivity contribution >= 4 is 55.0 Å². The standard InChI is InChI=1S/C17H14Br2N2O2/c1-10(22)20-15-9-14(19)7-11-5-6-21(16(11)15)17(23)12-3-2-4-13(18)8-12/h2-4,7-9H,5-6H2,1H3,(H,20,22). The number of nitrogens with zero attached hydrogens (tertiary/aromatic N) is 1. The molecule has 118 valence electrons. The van der Waals surface area contributed by atoms with Crippen LogP contribution < -0.4 is 10.2 Å². The van der Waals surface area contributed by atoms with E-state index in [1.807, 2.05) is 24.3 Å². The summed E-state index contributed by atoms with van der Waals surface area (Å²) in [6.45, 7) is 2.06. The first-order chi connectivity index (χ1) is 11.0. The van der Waals surface area contributed by atoms with Crippen LogP contribution in [0.3, 0.4) is 0 Å². The van der Waals surface area contributed by atoms with Gasteiger partial charge in [-0.3, -0.25) is 9.59 Å². The molecule has 0 aliphatic carbocycles. The number of benzene rings is 2. The normalized spacial score (nSPS) is 12.9. The number of halogens is 2. The molecule has 0 saturated carbocycles. The van der Waals surface area contributed by atoms with Gasteiger partial charge in [0.25, 0.3) is 5.91 Å². The number of anilines is 2. The van der Waals surface area contributed by atoms with E-state index in [1.54, 1.807) is 17.0 Å². The zero-order valence-electron chi connectivity index (χ0n) is 12.4. The average molecular weight is 438 g/mol. The number of fused-ring (bicyclic) bond motifs is 1. The molecule has 2 aromatic rings. The number of carbonyl (C=O) groups is 2. The molecule has 6 heteroatoms. The summed E-state index contributed by atoms with van der Waals surface area (Å²) in [7, 11) is 0. The molecule has 23 heavy (non-hydrogen) atoms. The van der Waals surface area contributed by atoms with E-state index in [9.17, 15) is 9.59 Å². The smallest absolute Gasteiger partial charge is 0.258 e. The summed E-state index contributed by atoms with van der Waals surface area (Å²) in [6.07, 6.45) is 0.765. The van der Waals surface area contributed by atoms with Gasteiger partial charge in [0, 0.05) is 28.0 Å². The number of hydrogen-bond acceptors (Lipinski definition) is 2. The summed E-state index contributed by atoms with van der Waals surface area (Å²) in [6, 6.07) is 11.1. The van der Waals surface area contributed by atoms with Crippen LogP contribution in [0.5, 0.6) is 0 Å². The third-order valence-corrected chi connectivity index (χ3v) is 4.61. The van der Waals surface area contributed by atoms with Crippen LogP contribution in [0.1, 0.15) is 22.8 Å². The highest BCUT2D eigenvalue weighted by molar-refractivity contribution is 9.10. The first-order valence-electron chi connectivity index (χ1n) is 7.13. The van der Waals surface area contributed by atoms with Crippen LogP contribution in [0.4, 0.5) is 11.4 Å². The second-order valence-corrected chi connectivity index (χ2v) is 7.19. The van der Waals surface area contributed by atoms with Gasteiger partial charge in [0.05, 0.1) is 11.4 Å². The molecule has 2 aromatic carbocycles. The highest BCUT2D eigenvalue weighted by atomic mass is 79.9. The van der Waals surface area contributed by atoms with Crippen molar-refractivity contribution in [3.8, 4) is 0 Å². The van der Waals surface area contributed by atoms with Gasteiger partial charge in [-0.15, -0.1) is 0 Å². The van der Waals surface area contributed by atoms with Crippen molar-refractivity contribution in [2.45, 2.75) is 13.3 Å². The summed E-state index contributed by atoms with van der Waals surface area (Å²) in [4.78, 5) is 26.1. The Morgan fingerprint density at radius 3 is 2.61 bits per heavy atom. The summed E-state index contributed by atoms with van der Waals surface area (Å²) in [5, 5.41) is 2.82. The van der Waals surface area contributed by atoms with Crippen LogP contribution in [-0.4, -0.2) is 18.4 Å². The van der Waals surface area contributed by atoms with Crippen molar-refractivity contribution in [2.75, 3.05) is 16.8 Å². The minimum absolute atomic E-state index is 0.0704. The van der Waals surface area contributed by atoms with E-state index < -0.39 is 0 Å². The molecular weight excluding hydrogens is 424 g/mol. The van der Waals surface area contributed by atoms with E-state index in [1.165, 1.54) is 6.92 Å². The van der Waals surface area contributed by atoms with E-state index in [4.69, 9.17) is 0 Å². The van der Waals surface area contributed by atoms with Crippen molar-refractivity contribution in [1.29, 1.82) is 0 Å². The number of nitrogens with one attached hydrogen (secondary N) is 1. The van der Waals surface area contributed by atoms with Crippen LogP contribution in [0.15, 0.2) is 45.3 Å². The Hall–Kier alpha value is -1.66. The van der Waals surface area contributed by atoms with E-state index in [0.29, 0.717) is 17.8 Å². The second-order valence-electron chi connectivity index (χ2n) is 5.36. The van der Waals surface area contributed by atoms with Crippen LogP contribution in [0.25, 0.3) is 0 Å². The Labute approximate surface area is 151 Å². The van der Waals surface area contributed by atoms with Crippen LogP contribution >= 0.6 is 31.9 Å². The lowest BCUT2D eigenvalue weighted by atomic mass is 10.1. The minimum Gasteiger partial charge on any atom is -0.324 e. The average Bonchev–Trinajstić information content (AvgIpc) is 2.89. The predicted molar refractivity (Wildman–Crippen MR) is 98.0 cm³/mol. The maximum Gasteiger partial charge on any atom is 0.258 e. The first-order valence-corrected chi connectivity index (χ1v) is 8.72. The Morgan fingerprint density at radius 2 is 1.91 bits per heavy atom. The summed E-state index contributed by atoms with van der Waals surface area (Å²) in [5.74, 6) is -0.231. The van der Waals surface area contributed by atoms with E-state index in [-0.39, 0.29) is 11.8 Å². The van der Waals surface area contributed by atoms with Gasteiger partial charge in [0.2, 0.25) is 5.91 Å². The zero-order chi connectivity index (χ0) is 16.6. The molecule has 0 aromatic heterocycles. The molecule has 1 aliphatic heterocycles. The molecule has 0 saturated heterocycles. The largest absolute Gasteiger partial charge is 0.324 e. The van der Waals surface area contributed by atoms with E-state index in [0.717, 1.165) is 26.6 Å². The SMILES string of the molecule is CC(=O)Nc1cc(Br)cc2c1N(C(=O)c1cccc(Br)c1)CC2. The molecule has 1 aliphatic rings. The molecule has 1 N–H and O–H groups in total. The van der Waals surface area contributed by atoms with Crippen molar-refractivity contribution < 1.29 is 9.59 Å². The van der Waals surface area contributed by atoms with Gasteiger partial charge >= 0.3 is 0 Å². The lowest BCUT2D eigenvalue weighted by Crippen LogP contribution is -2.29. The molecule has 2 amide bonds. The number of hydrogen-bond donors (Lipinski definition) is 1. The lowest BCUT2D eigenvalue weighted by Gasteiger charge is -2.21. The molecular formula is C17H14Br2N2O2. The topological polar surface area (TPSA) is 49.4 Å². The highest BCUT2D eigenvalue weighted by Gasteiger charge is 2.29. The minimum atomic E-state index is -0.160.